The van der Waals surface area contributed by atoms with Crippen molar-refractivity contribution in [2.24, 2.45) is 5.92 Å². The van der Waals surface area contributed by atoms with Gasteiger partial charge in [-0.1, -0.05) is 32.0 Å². The van der Waals surface area contributed by atoms with Gasteiger partial charge in [0.25, 0.3) is 0 Å². The number of hydrogen-bond donors (Lipinski definition) is 1. The molecule has 2 rings (SSSR count). The topological polar surface area (TPSA) is 29.9 Å². The first-order valence-electron chi connectivity index (χ1n) is 6.48. The second-order valence-electron chi connectivity index (χ2n) is 4.99. The number of imidazole rings is 1. The fourth-order valence-corrected chi connectivity index (χ4v) is 2.03. The Morgan fingerprint density at radius 1 is 1.22 bits per heavy atom. The van der Waals surface area contributed by atoms with Gasteiger partial charge in [-0.15, -0.1) is 0 Å². The van der Waals surface area contributed by atoms with E-state index in [1.807, 2.05) is 19.2 Å². The van der Waals surface area contributed by atoms with Crippen LogP contribution in [0.3, 0.4) is 0 Å². The molecule has 0 aliphatic carbocycles. The van der Waals surface area contributed by atoms with Gasteiger partial charge in [-0.2, -0.15) is 0 Å². The molecular weight excluding hydrogens is 222 g/mol. The minimum absolute atomic E-state index is 0.666. The van der Waals surface area contributed by atoms with E-state index in [1.165, 1.54) is 11.4 Å². The van der Waals surface area contributed by atoms with E-state index >= 15 is 0 Å². The standard InChI is InChI=1S/C15H21N3/c1-12(2)9-16-10-15-11-17-13(3)18(15)14-7-5-4-6-8-14/h4-8,11-12,16H,9-10H2,1-3H3. The molecule has 1 heterocycles. The van der Waals surface area contributed by atoms with E-state index in [-0.39, 0.29) is 0 Å². The van der Waals surface area contributed by atoms with Crippen LogP contribution >= 0.6 is 0 Å². The summed E-state index contributed by atoms with van der Waals surface area (Å²) in [6.45, 7) is 8.35. The predicted octanol–water partition coefficient (Wildman–Crippen LogP) is 2.93. The Balaban J connectivity index is 2.17. The molecule has 0 spiro atoms. The van der Waals surface area contributed by atoms with E-state index in [0.717, 1.165) is 18.9 Å². The first-order valence-corrected chi connectivity index (χ1v) is 6.48. The van der Waals surface area contributed by atoms with Crippen molar-refractivity contribution in [3.05, 3.63) is 48.0 Å². The van der Waals surface area contributed by atoms with Crippen LogP contribution < -0.4 is 5.32 Å². The van der Waals surface area contributed by atoms with Gasteiger partial charge in [0.2, 0.25) is 0 Å². The fourth-order valence-electron chi connectivity index (χ4n) is 2.03. The Labute approximate surface area is 109 Å². The summed E-state index contributed by atoms with van der Waals surface area (Å²) < 4.78 is 2.20. The summed E-state index contributed by atoms with van der Waals surface area (Å²) in [6, 6.07) is 10.4. The molecule has 0 saturated heterocycles. The minimum Gasteiger partial charge on any atom is -0.311 e. The van der Waals surface area contributed by atoms with Crippen molar-refractivity contribution in [3.63, 3.8) is 0 Å². The van der Waals surface area contributed by atoms with Crippen molar-refractivity contribution >= 4 is 0 Å². The van der Waals surface area contributed by atoms with Crippen LogP contribution in [0.2, 0.25) is 0 Å². The first-order chi connectivity index (χ1) is 8.68. The zero-order valence-electron chi connectivity index (χ0n) is 11.4. The summed E-state index contributed by atoms with van der Waals surface area (Å²) in [7, 11) is 0. The predicted molar refractivity (Wildman–Crippen MR) is 74.8 cm³/mol. The Hall–Kier alpha value is -1.61. The molecule has 0 unspecified atom stereocenters. The number of para-hydroxylation sites is 1. The molecule has 0 amide bonds. The van der Waals surface area contributed by atoms with Gasteiger partial charge in [-0.05, 0) is 31.5 Å². The lowest BCUT2D eigenvalue weighted by Gasteiger charge is -2.12. The van der Waals surface area contributed by atoms with Crippen LogP contribution in [0.25, 0.3) is 5.69 Å². The van der Waals surface area contributed by atoms with Crippen molar-refractivity contribution in [1.29, 1.82) is 0 Å². The third-order valence-corrected chi connectivity index (χ3v) is 2.88. The molecule has 0 radical (unpaired) electrons. The summed E-state index contributed by atoms with van der Waals surface area (Å²) in [5.41, 5.74) is 2.38. The first kappa shape index (κ1) is 12.8. The zero-order chi connectivity index (χ0) is 13.0. The van der Waals surface area contributed by atoms with Crippen molar-refractivity contribution in [1.82, 2.24) is 14.9 Å². The maximum atomic E-state index is 4.41. The normalized spacial score (nSPS) is 11.1. The van der Waals surface area contributed by atoms with Crippen molar-refractivity contribution in [2.45, 2.75) is 27.3 Å². The average Bonchev–Trinajstić information content (AvgIpc) is 2.71. The van der Waals surface area contributed by atoms with E-state index in [0.29, 0.717) is 5.92 Å². The third kappa shape index (κ3) is 2.99. The van der Waals surface area contributed by atoms with Crippen LogP contribution in [0.1, 0.15) is 25.4 Å². The quantitative estimate of drug-likeness (QED) is 0.875. The van der Waals surface area contributed by atoms with Gasteiger partial charge >= 0.3 is 0 Å². The number of benzene rings is 1. The highest BCUT2D eigenvalue weighted by Crippen LogP contribution is 2.14. The number of aromatic nitrogens is 2. The molecule has 1 aromatic carbocycles. The molecule has 2 aromatic rings. The lowest BCUT2D eigenvalue weighted by molar-refractivity contribution is 0.545. The van der Waals surface area contributed by atoms with Crippen LogP contribution in [-0.2, 0) is 6.54 Å². The van der Waals surface area contributed by atoms with Crippen LogP contribution in [0.5, 0.6) is 0 Å². The van der Waals surface area contributed by atoms with E-state index in [4.69, 9.17) is 0 Å². The Kier molecular flexibility index (Phi) is 4.15. The molecule has 1 N–H and O–H groups in total. The lowest BCUT2D eigenvalue weighted by atomic mass is 10.2. The summed E-state index contributed by atoms with van der Waals surface area (Å²) in [6.07, 6.45) is 1.95. The number of nitrogens with one attached hydrogen (secondary N) is 1. The highest BCUT2D eigenvalue weighted by atomic mass is 15.1. The van der Waals surface area contributed by atoms with Gasteiger partial charge in [0.05, 0.1) is 11.9 Å². The van der Waals surface area contributed by atoms with Crippen molar-refractivity contribution in [3.8, 4) is 5.69 Å². The maximum Gasteiger partial charge on any atom is 0.110 e. The molecule has 18 heavy (non-hydrogen) atoms. The van der Waals surface area contributed by atoms with Gasteiger partial charge in [-0.3, -0.25) is 4.57 Å². The van der Waals surface area contributed by atoms with Crippen LogP contribution in [0, 0.1) is 12.8 Å². The second-order valence-corrected chi connectivity index (χ2v) is 4.99. The van der Waals surface area contributed by atoms with Gasteiger partial charge in [0.15, 0.2) is 0 Å². The van der Waals surface area contributed by atoms with Gasteiger partial charge in [-0.25, -0.2) is 4.98 Å². The van der Waals surface area contributed by atoms with Crippen molar-refractivity contribution in [2.75, 3.05) is 6.54 Å². The summed E-state index contributed by atoms with van der Waals surface area (Å²) in [5, 5.41) is 3.46. The maximum absolute atomic E-state index is 4.41. The highest BCUT2D eigenvalue weighted by Gasteiger charge is 2.07. The van der Waals surface area contributed by atoms with E-state index in [2.05, 4.69) is 53.0 Å². The van der Waals surface area contributed by atoms with E-state index in [1.54, 1.807) is 0 Å². The monoisotopic (exact) mass is 243 g/mol. The largest absolute Gasteiger partial charge is 0.311 e. The molecule has 0 saturated carbocycles. The lowest BCUT2D eigenvalue weighted by Crippen LogP contribution is -2.20. The molecule has 0 bridgehead atoms. The molecule has 0 fully saturated rings. The third-order valence-electron chi connectivity index (χ3n) is 2.88. The Morgan fingerprint density at radius 2 is 1.94 bits per heavy atom. The second kappa shape index (κ2) is 5.83. The molecule has 0 atom stereocenters. The number of aryl methyl sites for hydroxylation is 1. The number of rotatable bonds is 5. The van der Waals surface area contributed by atoms with Crippen LogP contribution in [-0.4, -0.2) is 16.1 Å². The van der Waals surface area contributed by atoms with E-state index in [9.17, 15) is 0 Å². The zero-order valence-corrected chi connectivity index (χ0v) is 11.4. The molecule has 96 valence electrons. The average molecular weight is 243 g/mol. The minimum atomic E-state index is 0.666. The summed E-state index contributed by atoms with van der Waals surface area (Å²) >= 11 is 0. The molecule has 0 aliphatic rings. The SMILES string of the molecule is Cc1ncc(CNCC(C)C)n1-c1ccccc1. The summed E-state index contributed by atoms with van der Waals surface area (Å²) in [5.74, 6) is 1.70. The Morgan fingerprint density at radius 3 is 2.61 bits per heavy atom. The van der Waals surface area contributed by atoms with E-state index < -0.39 is 0 Å². The molecular formula is C15H21N3. The van der Waals surface area contributed by atoms with Crippen LogP contribution in [0.4, 0.5) is 0 Å². The highest BCUT2D eigenvalue weighted by molar-refractivity contribution is 5.35. The molecule has 1 aromatic heterocycles. The van der Waals surface area contributed by atoms with Gasteiger partial charge in [0, 0.05) is 12.2 Å². The number of nitrogens with zero attached hydrogens (tertiary/aromatic N) is 2. The fraction of sp³-hybridized carbons (Fsp3) is 0.400. The van der Waals surface area contributed by atoms with Gasteiger partial charge in [0.1, 0.15) is 5.82 Å². The number of hydrogen-bond acceptors (Lipinski definition) is 2. The van der Waals surface area contributed by atoms with Crippen molar-refractivity contribution < 1.29 is 0 Å². The Bertz CT molecular complexity index is 486. The molecule has 3 nitrogen and oxygen atoms in total. The molecule has 3 heteroatoms. The summed E-state index contributed by atoms with van der Waals surface area (Å²) in [4.78, 5) is 4.41. The molecule has 0 aliphatic heterocycles. The van der Waals surface area contributed by atoms with Crippen LogP contribution in [0.15, 0.2) is 36.5 Å². The smallest absolute Gasteiger partial charge is 0.110 e. The van der Waals surface area contributed by atoms with Gasteiger partial charge < -0.3 is 5.32 Å².